The van der Waals surface area contributed by atoms with E-state index in [2.05, 4.69) is 21.4 Å². The Morgan fingerprint density at radius 2 is 1.77 bits per heavy atom. The number of hydrogen-bond donors (Lipinski definition) is 2. The molecule has 0 spiro atoms. The number of nitriles is 1. The van der Waals surface area contributed by atoms with Crippen molar-refractivity contribution < 1.29 is 9.53 Å². The summed E-state index contributed by atoms with van der Waals surface area (Å²) in [5, 5.41) is 12.2. The molecule has 148 valence electrons. The van der Waals surface area contributed by atoms with Gasteiger partial charge < -0.3 is 15.0 Å². The van der Waals surface area contributed by atoms with Crippen molar-refractivity contribution in [2.24, 2.45) is 0 Å². The van der Waals surface area contributed by atoms with Crippen LogP contribution in [0.4, 0.5) is 0 Å². The Hall–Kier alpha value is -4.11. The van der Waals surface area contributed by atoms with Crippen molar-refractivity contribution in [1.82, 2.24) is 15.3 Å². The van der Waals surface area contributed by atoms with E-state index >= 15 is 0 Å². The number of amides is 1. The maximum atomic E-state index is 12.6. The Morgan fingerprint density at radius 1 is 1.03 bits per heavy atom. The third kappa shape index (κ3) is 4.47. The normalized spacial score (nSPS) is 11.6. The first-order valence-electron chi connectivity index (χ1n) is 9.63. The molecule has 0 fully saturated rings. The van der Waals surface area contributed by atoms with Crippen LogP contribution in [-0.2, 0) is 11.2 Å². The number of aromatic nitrogens is 2. The SMILES string of the molecule is N#Cc1ccccc1OCC(=O)NC(Cc1ccccc1)c1nc2ccccc2[nH]1. The van der Waals surface area contributed by atoms with E-state index in [9.17, 15) is 4.79 Å². The minimum Gasteiger partial charge on any atom is -0.482 e. The van der Waals surface area contributed by atoms with Gasteiger partial charge in [-0.15, -0.1) is 0 Å². The number of nitrogens with one attached hydrogen (secondary N) is 2. The fraction of sp³-hybridized carbons (Fsp3) is 0.125. The third-order valence-electron chi connectivity index (χ3n) is 4.72. The van der Waals surface area contributed by atoms with Crippen LogP contribution >= 0.6 is 0 Å². The van der Waals surface area contributed by atoms with Crippen molar-refractivity contribution in [3.8, 4) is 11.8 Å². The minimum atomic E-state index is -0.345. The van der Waals surface area contributed by atoms with E-state index in [0.29, 0.717) is 23.6 Å². The van der Waals surface area contributed by atoms with E-state index in [0.717, 1.165) is 16.6 Å². The highest BCUT2D eigenvalue weighted by Gasteiger charge is 2.19. The van der Waals surface area contributed by atoms with Gasteiger partial charge in [0.1, 0.15) is 17.6 Å². The van der Waals surface area contributed by atoms with E-state index in [1.165, 1.54) is 0 Å². The van der Waals surface area contributed by atoms with Gasteiger partial charge in [-0.1, -0.05) is 54.6 Å². The van der Waals surface area contributed by atoms with Crippen LogP contribution in [0.5, 0.6) is 5.75 Å². The summed E-state index contributed by atoms with van der Waals surface area (Å²) in [4.78, 5) is 20.6. The first-order chi connectivity index (χ1) is 14.7. The Balaban J connectivity index is 1.52. The molecular weight excluding hydrogens is 376 g/mol. The molecule has 1 aromatic heterocycles. The number of carbonyl (C=O) groups is 1. The highest BCUT2D eigenvalue weighted by atomic mass is 16.5. The molecule has 1 atom stereocenters. The van der Waals surface area contributed by atoms with Gasteiger partial charge >= 0.3 is 0 Å². The summed E-state index contributed by atoms with van der Waals surface area (Å²) < 4.78 is 5.57. The molecule has 0 saturated carbocycles. The molecule has 4 rings (SSSR count). The molecule has 1 amide bonds. The van der Waals surface area contributed by atoms with Gasteiger partial charge in [-0.25, -0.2) is 4.98 Å². The number of ether oxygens (including phenoxy) is 1. The molecule has 0 radical (unpaired) electrons. The lowest BCUT2D eigenvalue weighted by molar-refractivity contribution is -0.123. The predicted octanol–water partition coefficient (Wildman–Crippen LogP) is 3.91. The monoisotopic (exact) mass is 396 g/mol. The molecular formula is C24H20N4O2. The van der Waals surface area contributed by atoms with Crippen LogP contribution in [0.3, 0.4) is 0 Å². The van der Waals surface area contributed by atoms with Gasteiger partial charge in [-0.05, 0) is 36.2 Å². The van der Waals surface area contributed by atoms with Crippen LogP contribution in [0.25, 0.3) is 11.0 Å². The lowest BCUT2D eigenvalue weighted by Crippen LogP contribution is -2.34. The number of nitrogens with zero attached hydrogens (tertiary/aromatic N) is 2. The van der Waals surface area contributed by atoms with E-state index in [4.69, 9.17) is 10.00 Å². The second-order valence-electron chi connectivity index (χ2n) is 6.85. The summed E-state index contributed by atoms with van der Waals surface area (Å²) in [6, 6.07) is 26.2. The zero-order chi connectivity index (χ0) is 20.8. The maximum Gasteiger partial charge on any atom is 0.258 e. The van der Waals surface area contributed by atoms with Gasteiger partial charge in [-0.2, -0.15) is 5.26 Å². The Labute approximate surface area is 174 Å². The molecule has 0 aliphatic heterocycles. The van der Waals surface area contributed by atoms with Crippen LogP contribution in [0, 0.1) is 11.3 Å². The first kappa shape index (κ1) is 19.2. The molecule has 30 heavy (non-hydrogen) atoms. The second-order valence-corrected chi connectivity index (χ2v) is 6.85. The molecule has 0 aliphatic rings. The highest BCUT2D eigenvalue weighted by Crippen LogP contribution is 2.20. The van der Waals surface area contributed by atoms with Crippen LogP contribution in [0.15, 0.2) is 78.9 Å². The van der Waals surface area contributed by atoms with Crippen LogP contribution in [0.2, 0.25) is 0 Å². The van der Waals surface area contributed by atoms with Gasteiger partial charge in [0.2, 0.25) is 0 Å². The molecule has 0 aliphatic carbocycles. The quantitative estimate of drug-likeness (QED) is 0.495. The smallest absolute Gasteiger partial charge is 0.258 e. The third-order valence-corrected chi connectivity index (χ3v) is 4.72. The topological polar surface area (TPSA) is 90.8 Å². The Bertz CT molecular complexity index is 1160. The van der Waals surface area contributed by atoms with Crippen molar-refractivity contribution in [2.45, 2.75) is 12.5 Å². The average molecular weight is 396 g/mol. The molecule has 1 heterocycles. The van der Waals surface area contributed by atoms with Crippen molar-refractivity contribution in [3.63, 3.8) is 0 Å². The molecule has 6 nitrogen and oxygen atoms in total. The average Bonchev–Trinajstić information content (AvgIpc) is 3.22. The number of para-hydroxylation sites is 3. The number of hydrogen-bond acceptors (Lipinski definition) is 4. The standard InChI is InChI=1S/C24H20N4O2/c25-15-18-10-4-7-13-22(18)30-16-23(29)26-21(14-17-8-2-1-3-9-17)24-27-19-11-5-6-12-20(19)28-24/h1-13,21H,14,16H2,(H,26,29)(H,27,28). The summed E-state index contributed by atoms with van der Waals surface area (Å²) in [5.74, 6) is 0.786. The Kier molecular flexibility index (Phi) is 5.72. The molecule has 3 aromatic carbocycles. The molecule has 1 unspecified atom stereocenters. The lowest BCUT2D eigenvalue weighted by Gasteiger charge is -2.17. The van der Waals surface area contributed by atoms with E-state index in [1.54, 1.807) is 24.3 Å². The number of H-pyrrole nitrogens is 1. The van der Waals surface area contributed by atoms with Gasteiger partial charge in [0.05, 0.1) is 22.6 Å². The summed E-state index contributed by atoms with van der Waals surface area (Å²) in [6.07, 6.45) is 0.585. The van der Waals surface area contributed by atoms with Gasteiger partial charge in [0.25, 0.3) is 5.91 Å². The van der Waals surface area contributed by atoms with Crippen molar-refractivity contribution in [1.29, 1.82) is 5.26 Å². The first-order valence-corrected chi connectivity index (χ1v) is 9.63. The van der Waals surface area contributed by atoms with Crippen molar-refractivity contribution in [2.75, 3.05) is 6.61 Å². The largest absolute Gasteiger partial charge is 0.482 e. The summed E-state index contributed by atoms with van der Waals surface area (Å²) in [7, 11) is 0. The maximum absolute atomic E-state index is 12.6. The fourth-order valence-corrected chi connectivity index (χ4v) is 3.27. The summed E-state index contributed by atoms with van der Waals surface area (Å²) in [5.41, 5.74) is 3.24. The Morgan fingerprint density at radius 3 is 2.57 bits per heavy atom. The lowest BCUT2D eigenvalue weighted by atomic mass is 10.1. The molecule has 4 aromatic rings. The van der Waals surface area contributed by atoms with Crippen LogP contribution < -0.4 is 10.1 Å². The highest BCUT2D eigenvalue weighted by molar-refractivity contribution is 5.79. The van der Waals surface area contributed by atoms with E-state index in [-0.39, 0.29) is 18.6 Å². The zero-order valence-electron chi connectivity index (χ0n) is 16.2. The van der Waals surface area contributed by atoms with Crippen LogP contribution in [0.1, 0.15) is 23.0 Å². The molecule has 2 N–H and O–H groups in total. The number of carbonyl (C=O) groups excluding carboxylic acids is 1. The number of benzene rings is 3. The summed E-state index contributed by atoms with van der Waals surface area (Å²) in [6.45, 7) is -0.190. The molecule has 6 heteroatoms. The predicted molar refractivity (Wildman–Crippen MR) is 114 cm³/mol. The van der Waals surface area contributed by atoms with Gasteiger partial charge in [-0.3, -0.25) is 4.79 Å². The zero-order valence-corrected chi connectivity index (χ0v) is 16.2. The number of imidazole rings is 1. The number of rotatable bonds is 7. The van der Waals surface area contributed by atoms with E-state index in [1.807, 2.05) is 54.6 Å². The summed E-state index contributed by atoms with van der Waals surface area (Å²) >= 11 is 0. The van der Waals surface area contributed by atoms with Crippen LogP contribution in [-0.4, -0.2) is 22.5 Å². The fourth-order valence-electron chi connectivity index (χ4n) is 3.27. The van der Waals surface area contributed by atoms with Crippen molar-refractivity contribution in [3.05, 3.63) is 95.8 Å². The van der Waals surface area contributed by atoms with E-state index < -0.39 is 0 Å². The minimum absolute atomic E-state index is 0.190. The van der Waals surface area contributed by atoms with Gasteiger partial charge in [0, 0.05) is 0 Å². The second kappa shape index (κ2) is 8.93. The number of aromatic amines is 1. The van der Waals surface area contributed by atoms with Crippen molar-refractivity contribution >= 4 is 16.9 Å². The van der Waals surface area contributed by atoms with Gasteiger partial charge in [0.15, 0.2) is 6.61 Å². The molecule has 0 bridgehead atoms. The number of fused-ring (bicyclic) bond motifs is 1. The molecule has 0 saturated heterocycles.